The molecule has 2 aromatic carbocycles. The number of H-pyrrole nitrogens is 1. The molecule has 0 amide bonds. The standard InChI is InChI=1S/C20H14Cl3NO4/c1-2-28-20(27)18-14(17-15(23)7-12(22)8-16(17)24-18)9-13(19(25)26)10-3-5-11(21)6-4-10/h3-9,24H,2H2,1H3,(H,25,26)/b13-9+. The van der Waals surface area contributed by atoms with E-state index in [9.17, 15) is 14.7 Å². The number of carbonyl (C=O) groups excluding carboxylic acids is 1. The molecule has 8 heteroatoms. The van der Waals surface area contributed by atoms with Crippen LogP contribution in [0.25, 0.3) is 22.6 Å². The molecular weight excluding hydrogens is 425 g/mol. The molecule has 0 bridgehead atoms. The molecule has 0 aliphatic carbocycles. The Balaban J connectivity index is 2.30. The fourth-order valence-electron chi connectivity index (χ4n) is 2.82. The third-order valence-corrected chi connectivity index (χ3v) is 4.78. The topological polar surface area (TPSA) is 79.4 Å². The van der Waals surface area contributed by atoms with Crippen molar-refractivity contribution < 1.29 is 19.4 Å². The second kappa shape index (κ2) is 8.27. The van der Waals surface area contributed by atoms with Crippen molar-refractivity contribution in [1.29, 1.82) is 0 Å². The van der Waals surface area contributed by atoms with Crippen molar-refractivity contribution >= 4 is 69.3 Å². The Hall–Kier alpha value is -2.47. The molecule has 144 valence electrons. The summed E-state index contributed by atoms with van der Waals surface area (Å²) in [5.74, 6) is -1.80. The van der Waals surface area contributed by atoms with Crippen LogP contribution in [0.5, 0.6) is 0 Å². The van der Waals surface area contributed by atoms with Gasteiger partial charge < -0.3 is 14.8 Å². The number of hydrogen-bond donors (Lipinski definition) is 2. The highest BCUT2D eigenvalue weighted by Crippen LogP contribution is 2.35. The van der Waals surface area contributed by atoms with E-state index in [-0.39, 0.29) is 22.9 Å². The summed E-state index contributed by atoms with van der Waals surface area (Å²) >= 11 is 18.3. The normalized spacial score (nSPS) is 11.6. The summed E-state index contributed by atoms with van der Waals surface area (Å²) in [6.07, 6.45) is 1.39. The van der Waals surface area contributed by atoms with E-state index in [1.807, 2.05) is 0 Å². The maximum atomic E-state index is 12.4. The minimum Gasteiger partial charge on any atom is -0.478 e. The average molecular weight is 439 g/mol. The summed E-state index contributed by atoms with van der Waals surface area (Å²) in [6, 6.07) is 9.46. The molecule has 0 unspecified atom stereocenters. The summed E-state index contributed by atoms with van der Waals surface area (Å²) in [4.78, 5) is 27.3. The predicted molar refractivity (Wildman–Crippen MR) is 111 cm³/mol. The molecule has 28 heavy (non-hydrogen) atoms. The van der Waals surface area contributed by atoms with Crippen molar-refractivity contribution in [3.8, 4) is 0 Å². The summed E-state index contributed by atoms with van der Waals surface area (Å²) in [6.45, 7) is 1.84. The zero-order valence-corrected chi connectivity index (χ0v) is 16.8. The minimum absolute atomic E-state index is 0.0332. The average Bonchev–Trinajstić information content (AvgIpc) is 2.99. The van der Waals surface area contributed by atoms with Crippen LogP contribution in [0.1, 0.15) is 28.5 Å². The number of ether oxygens (including phenoxy) is 1. The lowest BCUT2D eigenvalue weighted by Gasteiger charge is -2.06. The number of carboxylic acid groups (broad SMARTS) is 1. The van der Waals surface area contributed by atoms with Crippen LogP contribution < -0.4 is 0 Å². The highest BCUT2D eigenvalue weighted by atomic mass is 35.5. The van der Waals surface area contributed by atoms with E-state index < -0.39 is 11.9 Å². The Morgan fingerprint density at radius 2 is 1.79 bits per heavy atom. The molecule has 0 radical (unpaired) electrons. The lowest BCUT2D eigenvalue weighted by atomic mass is 10.0. The smallest absolute Gasteiger partial charge is 0.355 e. The van der Waals surface area contributed by atoms with Crippen molar-refractivity contribution in [2.24, 2.45) is 0 Å². The molecule has 0 saturated heterocycles. The Morgan fingerprint density at radius 3 is 2.39 bits per heavy atom. The van der Waals surface area contributed by atoms with E-state index in [0.717, 1.165) is 0 Å². The van der Waals surface area contributed by atoms with Gasteiger partial charge in [-0.3, -0.25) is 0 Å². The van der Waals surface area contributed by atoms with Gasteiger partial charge in [0.15, 0.2) is 0 Å². The Morgan fingerprint density at radius 1 is 1.11 bits per heavy atom. The number of nitrogens with one attached hydrogen (secondary N) is 1. The number of halogens is 3. The molecule has 3 aromatic rings. The maximum Gasteiger partial charge on any atom is 0.355 e. The highest BCUT2D eigenvalue weighted by Gasteiger charge is 2.22. The lowest BCUT2D eigenvalue weighted by Crippen LogP contribution is -2.07. The molecule has 0 atom stereocenters. The van der Waals surface area contributed by atoms with Gasteiger partial charge in [0.1, 0.15) is 5.69 Å². The molecule has 3 rings (SSSR count). The number of fused-ring (bicyclic) bond motifs is 1. The molecule has 1 heterocycles. The fraction of sp³-hybridized carbons (Fsp3) is 0.100. The molecular formula is C20H14Cl3NO4. The number of rotatable bonds is 5. The first-order chi connectivity index (χ1) is 13.3. The predicted octanol–water partition coefficient (Wildman–Crippen LogP) is 5.93. The quantitative estimate of drug-likeness (QED) is 0.382. The first kappa shape index (κ1) is 20.3. The number of esters is 1. The summed E-state index contributed by atoms with van der Waals surface area (Å²) < 4.78 is 5.09. The number of carbonyl (C=O) groups is 2. The van der Waals surface area contributed by atoms with Crippen LogP contribution in [0, 0.1) is 0 Å². The van der Waals surface area contributed by atoms with Gasteiger partial charge in [-0.25, -0.2) is 9.59 Å². The van der Waals surface area contributed by atoms with Gasteiger partial charge in [-0.05, 0) is 42.8 Å². The Kier molecular flexibility index (Phi) is 5.98. The van der Waals surface area contributed by atoms with Crippen LogP contribution in [0.15, 0.2) is 36.4 Å². The summed E-state index contributed by atoms with van der Waals surface area (Å²) in [5.41, 5.74) is 1.28. The van der Waals surface area contributed by atoms with E-state index >= 15 is 0 Å². The number of benzene rings is 2. The third kappa shape index (κ3) is 4.02. The van der Waals surface area contributed by atoms with E-state index in [1.54, 1.807) is 37.3 Å². The highest BCUT2D eigenvalue weighted by molar-refractivity contribution is 6.39. The lowest BCUT2D eigenvalue weighted by molar-refractivity contribution is -0.130. The van der Waals surface area contributed by atoms with Gasteiger partial charge in [-0.1, -0.05) is 46.9 Å². The van der Waals surface area contributed by atoms with Gasteiger partial charge in [0.05, 0.1) is 17.2 Å². The molecule has 0 saturated carbocycles. The zero-order chi connectivity index (χ0) is 20.4. The fourth-order valence-corrected chi connectivity index (χ4v) is 3.55. The van der Waals surface area contributed by atoms with Crippen molar-refractivity contribution in [2.75, 3.05) is 6.61 Å². The zero-order valence-electron chi connectivity index (χ0n) is 14.6. The van der Waals surface area contributed by atoms with Gasteiger partial charge in [0, 0.05) is 26.5 Å². The summed E-state index contributed by atoms with van der Waals surface area (Å²) in [5, 5.41) is 11.3. The Labute approximate surface area is 175 Å². The van der Waals surface area contributed by atoms with Crippen molar-refractivity contribution in [1.82, 2.24) is 4.98 Å². The van der Waals surface area contributed by atoms with Gasteiger partial charge in [0.25, 0.3) is 0 Å². The van der Waals surface area contributed by atoms with Crippen LogP contribution >= 0.6 is 34.8 Å². The number of aromatic nitrogens is 1. The van der Waals surface area contributed by atoms with E-state index in [4.69, 9.17) is 39.5 Å². The van der Waals surface area contributed by atoms with Crippen LogP contribution in [0.3, 0.4) is 0 Å². The molecule has 0 aliphatic rings. The number of aliphatic carboxylic acids is 1. The number of carboxylic acids is 1. The van der Waals surface area contributed by atoms with Crippen molar-refractivity contribution in [3.05, 3.63) is 68.3 Å². The van der Waals surface area contributed by atoms with Gasteiger partial charge in [0.2, 0.25) is 0 Å². The first-order valence-electron chi connectivity index (χ1n) is 8.20. The van der Waals surface area contributed by atoms with E-state index in [1.165, 1.54) is 12.1 Å². The second-order valence-corrected chi connectivity index (χ2v) is 7.09. The van der Waals surface area contributed by atoms with Crippen LogP contribution in [-0.4, -0.2) is 28.6 Å². The van der Waals surface area contributed by atoms with Crippen molar-refractivity contribution in [2.45, 2.75) is 6.92 Å². The second-order valence-electron chi connectivity index (χ2n) is 5.81. The van der Waals surface area contributed by atoms with Crippen LogP contribution in [-0.2, 0) is 9.53 Å². The largest absolute Gasteiger partial charge is 0.478 e. The third-order valence-electron chi connectivity index (χ3n) is 4.01. The maximum absolute atomic E-state index is 12.4. The van der Waals surface area contributed by atoms with Gasteiger partial charge >= 0.3 is 11.9 Å². The van der Waals surface area contributed by atoms with E-state index in [2.05, 4.69) is 4.98 Å². The molecule has 2 N–H and O–H groups in total. The van der Waals surface area contributed by atoms with Gasteiger partial charge in [-0.15, -0.1) is 0 Å². The summed E-state index contributed by atoms with van der Waals surface area (Å²) in [7, 11) is 0. The molecule has 0 spiro atoms. The Bertz CT molecular complexity index is 1100. The van der Waals surface area contributed by atoms with Crippen LogP contribution in [0.4, 0.5) is 0 Å². The van der Waals surface area contributed by atoms with Crippen LogP contribution in [0.2, 0.25) is 15.1 Å². The first-order valence-corrected chi connectivity index (χ1v) is 9.34. The molecule has 0 aliphatic heterocycles. The SMILES string of the molecule is CCOC(=O)c1[nH]c2cc(Cl)cc(Cl)c2c1/C=C(/C(=O)O)c1ccc(Cl)cc1. The molecule has 5 nitrogen and oxygen atoms in total. The van der Waals surface area contributed by atoms with Crippen molar-refractivity contribution in [3.63, 3.8) is 0 Å². The van der Waals surface area contributed by atoms with E-state index in [0.29, 0.717) is 32.1 Å². The minimum atomic E-state index is -1.17. The number of aromatic amines is 1. The monoisotopic (exact) mass is 437 g/mol. The number of hydrogen-bond acceptors (Lipinski definition) is 3. The molecule has 0 fully saturated rings. The molecule has 1 aromatic heterocycles. The van der Waals surface area contributed by atoms with Gasteiger partial charge in [-0.2, -0.15) is 0 Å².